The molecule has 4 heteroatoms. The van der Waals surface area contributed by atoms with Crippen molar-refractivity contribution in [3.05, 3.63) is 29.3 Å². The van der Waals surface area contributed by atoms with Crippen LogP contribution in [0.4, 0.5) is 5.69 Å². The maximum atomic E-state index is 10.6. The minimum atomic E-state index is -0.713. The number of carboxylic acids is 1. The lowest BCUT2D eigenvalue weighted by Gasteiger charge is -2.38. The summed E-state index contributed by atoms with van der Waals surface area (Å²) < 4.78 is 0. The van der Waals surface area contributed by atoms with Crippen LogP contribution in [0.1, 0.15) is 0 Å². The van der Waals surface area contributed by atoms with E-state index in [1.54, 1.807) is 0 Å². The van der Waals surface area contributed by atoms with Gasteiger partial charge in [-0.05, 0) is 24.3 Å². The lowest BCUT2D eigenvalue weighted by atomic mass is 10.00. The molecule has 1 fully saturated rings. The highest BCUT2D eigenvalue weighted by atomic mass is 35.5. The van der Waals surface area contributed by atoms with E-state index in [0.717, 1.165) is 5.69 Å². The molecule has 14 heavy (non-hydrogen) atoms. The number of aliphatic carboxylic acids is 1. The molecule has 3 nitrogen and oxygen atoms in total. The Morgan fingerprint density at radius 2 is 1.93 bits per heavy atom. The van der Waals surface area contributed by atoms with Crippen molar-refractivity contribution < 1.29 is 9.90 Å². The fraction of sp³-hybridized carbons (Fsp3) is 0.300. The summed E-state index contributed by atoms with van der Waals surface area (Å²) in [7, 11) is 0. The van der Waals surface area contributed by atoms with Crippen LogP contribution in [0.25, 0.3) is 0 Å². The molecule has 0 saturated carbocycles. The van der Waals surface area contributed by atoms with Crippen LogP contribution in [0.5, 0.6) is 0 Å². The quantitative estimate of drug-likeness (QED) is 0.812. The molecule has 0 aliphatic carbocycles. The number of hydrogen-bond donors (Lipinski definition) is 1. The second-order valence-corrected chi connectivity index (χ2v) is 3.85. The summed E-state index contributed by atoms with van der Waals surface area (Å²) in [5, 5.41) is 9.39. The first-order valence-electron chi connectivity index (χ1n) is 4.40. The standard InChI is InChI=1S/C10H10ClNO2/c11-8-1-3-9(4-2-8)12-5-7(6-12)10(13)14/h1-4,7H,5-6H2,(H,13,14). The minimum Gasteiger partial charge on any atom is -0.481 e. The van der Waals surface area contributed by atoms with Crippen LogP contribution < -0.4 is 4.90 Å². The van der Waals surface area contributed by atoms with Gasteiger partial charge in [0.15, 0.2) is 0 Å². The van der Waals surface area contributed by atoms with Crippen molar-refractivity contribution in [2.45, 2.75) is 0 Å². The molecule has 1 aliphatic heterocycles. The van der Waals surface area contributed by atoms with Gasteiger partial charge in [0.25, 0.3) is 0 Å². The van der Waals surface area contributed by atoms with Crippen molar-refractivity contribution in [2.75, 3.05) is 18.0 Å². The van der Waals surface area contributed by atoms with Crippen LogP contribution in [0.2, 0.25) is 5.02 Å². The largest absolute Gasteiger partial charge is 0.481 e. The van der Waals surface area contributed by atoms with Gasteiger partial charge in [-0.15, -0.1) is 0 Å². The first-order chi connectivity index (χ1) is 6.66. The van der Waals surface area contributed by atoms with E-state index in [1.807, 2.05) is 29.2 Å². The van der Waals surface area contributed by atoms with E-state index in [2.05, 4.69) is 0 Å². The second-order valence-electron chi connectivity index (χ2n) is 3.42. The van der Waals surface area contributed by atoms with Crippen molar-refractivity contribution in [2.24, 2.45) is 5.92 Å². The van der Waals surface area contributed by atoms with Gasteiger partial charge in [-0.2, -0.15) is 0 Å². The second kappa shape index (κ2) is 3.50. The Labute approximate surface area is 86.9 Å². The van der Waals surface area contributed by atoms with Crippen molar-refractivity contribution in [3.8, 4) is 0 Å². The fourth-order valence-corrected chi connectivity index (χ4v) is 1.62. The lowest BCUT2D eigenvalue weighted by Crippen LogP contribution is -2.50. The highest BCUT2D eigenvalue weighted by Crippen LogP contribution is 2.25. The molecule has 1 aromatic rings. The van der Waals surface area contributed by atoms with Gasteiger partial charge < -0.3 is 10.0 Å². The third-order valence-electron chi connectivity index (χ3n) is 2.42. The molecule has 1 aliphatic rings. The monoisotopic (exact) mass is 211 g/mol. The predicted molar refractivity (Wildman–Crippen MR) is 54.8 cm³/mol. The van der Waals surface area contributed by atoms with Crippen molar-refractivity contribution >= 4 is 23.3 Å². The highest BCUT2D eigenvalue weighted by molar-refractivity contribution is 6.30. The fourth-order valence-electron chi connectivity index (χ4n) is 1.50. The van der Waals surface area contributed by atoms with Gasteiger partial charge in [0.1, 0.15) is 0 Å². The Bertz CT molecular complexity index is 344. The third kappa shape index (κ3) is 1.68. The summed E-state index contributed by atoms with van der Waals surface area (Å²) in [4.78, 5) is 12.6. The molecule has 1 saturated heterocycles. The summed E-state index contributed by atoms with van der Waals surface area (Å²) in [5.74, 6) is -0.930. The minimum absolute atomic E-state index is 0.217. The molecule has 0 bridgehead atoms. The predicted octanol–water partition coefficient (Wildman–Crippen LogP) is 1.86. The van der Waals surface area contributed by atoms with Gasteiger partial charge in [0, 0.05) is 23.8 Å². The number of carbonyl (C=O) groups is 1. The first kappa shape index (κ1) is 9.34. The van der Waals surface area contributed by atoms with Crippen LogP contribution in [0.15, 0.2) is 24.3 Å². The van der Waals surface area contributed by atoms with E-state index in [0.29, 0.717) is 18.1 Å². The molecule has 2 rings (SSSR count). The van der Waals surface area contributed by atoms with E-state index in [9.17, 15) is 4.79 Å². The Balaban J connectivity index is 2.00. The van der Waals surface area contributed by atoms with Crippen molar-refractivity contribution in [1.82, 2.24) is 0 Å². The summed E-state index contributed by atoms with van der Waals surface area (Å²) in [6.45, 7) is 1.19. The number of hydrogen-bond acceptors (Lipinski definition) is 2. The average molecular weight is 212 g/mol. The van der Waals surface area contributed by atoms with E-state index in [4.69, 9.17) is 16.7 Å². The Kier molecular flexibility index (Phi) is 2.33. The van der Waals surface area contributed by atoms with Gasteiger partial charge in [-0.1, -0.05) is 11.6 Å². The summed E-state index contributed by atoms with van der Waals surface area (Å²) in [6.07, 6.45) is 0. The Morgan fingerprint density at radius 3 is 2.43 bits per heavy atom. The molecular formula is C10H10ClNO2. The highest BCUT2D eigenvalue weighted by Gasteiger charge is 2.32. The van der Waals surface area contributed by atoms with Gasteiger partial charge >= 0.3 is 5.97 Å². The average Bonchev–Trinajstić information content (AvgIpc) is 2.05. The van der Waals surface area contributed by atoms with E-state index >= 15 is 0 Å². The van der Waals surface area contributed by atoms with Gasteiger partial charge in [0.05, 0.1) is 5.92 Å². The summed E-state index contributed by atoms with van der Waals surface area (Å²) in [5.41, 5.74) is 1.03. The number of benzene rings is 1. The molecule has 0 amide bonds. The van der Waals surface area contributed by atoms with Crippen LogP contribution >= 0.6 is 11.6 Å². The smallest absolute Gasteiger partial charge is 0.310 e. The van der Waals surface area contributed by atoms with Crippen molar-refractivity contribution in [3.63, 3.8) is 0 Å². The Hall–Kier alpha value is -1.22. The van der Waals surface area contributed by atoms with Crippen LogP contribution in [0.3, 0.4) is 0 Å². The molecule has 0 aromatic heterocycles. The number of halogens is 1. The number of carboxylic acid groups (broad SMARTS) is 1. The SMILES string of the molecule is O=C(O)C1CN(c2ccc(Cl)cc2)C1. The number of nitrogens with zero attached hydrogens (tertiary/aromatic N) is 1. The molecule has 0 spiro atoms. The maximum absolute atomic E-state index is 10.6. The molecule has 0 atom stereocenters. The molecule has 1 N–H and O–H groups in total. The number of rotatable bonds is 2. The molecule has 1 aromatic carbocycles. The Morgan fingerprint density at radius 1 is 1.36 bits per heavy atom. The van der Waals surface area contributed by atoms with E-state index in [1.165, 1.54) is 0 Å². The summed E-state index contributed by atoms with van der Waals surface area (Å²) in [6, 6.07) is 7.43. The zero-order valence-electron chi connectivity index (χ0n) is 7.48. The lowest BCUT2D eigenvalue weighted by molar-refractivity contribution is -0.142. The van der Waals surface area contributed by atoms with Crippen molar-refractivity contribution in [1.29, 1.82) is 0 Å². The van der Waals surface area contributed by atoms with Crippen LogP contribution in [-0.2, 0) is 4.79 Å². The zero-order valence-corrected chi connectivity index (χ0v) is 8.24. The molecule has 0 radical (unpaired) electrons. The first-order valence-corrected chi connectivity index (χ1v) is 4.78. The summed E-state index contributed by atoms with van der Waals surface area (Å²) >= 11 is 5.74. The topological polar surface area (TPSA) is 40.5 Å². The molecular weight excluding hydrogens is 202 g/mol. The zero-order chi connectivity index (χ0) is 10.1. The van der Waals surface area contributed by atoms with Gasteiger partial charge in [-0.25, -0.2) is 0 Å². The molecule has 1 heterocycles. The van der Waals surface area contributed by atoms with Crippen LogP contribution in [-0.4, -0.2) is 24.2 Å². The molecule has 0 unspecified atom stereocenters. The van der Waals surface area contributed by atoms with Crippen LogP contribution in [0, 0.1) is 5.92 Å². The van der Waals surface area contributed by atoms with Gasteiger partial charge in [-0.3, -0.25) is 4.79 Å². The maximum Gasteiger partial charge on any atom is 0.310 e. The number of anilines is 1. The van der Waals surface area contributed by atoms with E-state index in [-0.39, 0.29) is 5.92 Å². The third-order valence-corrected chi connectivity index (χ3v) is 2.67. The van der Waals surface area contributed by atoms with E-state index < -0.39 is 5.97 Å². The molecule has 74 valence electrons. The van der Waals surface area contributed by atoms with Gasteiger partial charge in [0.2, 0.25) is 0 Å². The normalized spacial score (nSPS) is 16.5.